The molecule has 23 heavy (non-hydrogen) atoms. The molecule has 3 rings (SSSR count). The zero-order valence-electron chi connectivity index (χ0n) is 12.8. The molecule has 0 radical (unpaired) electrons. The number of nitrogens with zero attached hydrogens (tertiary/aromatic N) is 1. The van der Waals surface area contributed by atoms with Gasteiger partial charge in [0.1, 0.15) is 11.3 Å². The number of halogens is 3. The van der Waals surface area contributed by atoms with Gasteiger partial charge in [-0.3, -0.25) is 4.98 Å². The van der Waals surface area contributed by atoms with E-state index in [1.165, 1.54) is 12.3 Å². The number of aromatic nitrogens is 1. The molecule has 2 aromatic heterocycles. The minimum Gasteiger partial charge on any atom is -0.461 e. The van der Waals surface area contributed by atoms with Crippen molar-refractivity contribution < 1.29 is 17.6 Å². The molecule has 3 aromatic rings. The quantitative estimate of drug-likeness (QED) is 0.631. The lowest BCUT2D eigenvalue weighted by molar-refractivity contribution is -0.138. The van der Waals surface area contributed by atoms with Crippen molar-refractivity contribution in [2.75, 3.05) is 0 Å². The molecule has 0 fully saturated rings. The third-order valence-electron chi connectivity index (χ3n) is 3.68. The molecule has 0 atom stereocenters. The van der Waals surface area contributed by atoms with Gasteiger partial charge in [-0.25, -0.2) is 0 Å². The van der Waals surface area contributed by atoms with E-state index in [4.69, 9.17) is 4.42 Å². The van der Waals surface area contributed by atoms with E-state index < -0.39 is 11.7 Å². The molecule has 0 aliphatic carbocycles. The lowest BCUT2D eigenvalue weighted by Crippen LogP contribution is -2.13. The summed E-state index contributed by atoms with van der Waals surface area (Å²) < 4.78 is 45.4. The van der Waals surface area contributed by atoms with E-state index in [9.17, 15) is 13.2 Å². The second kappa shape index (κ2) is 5.72. The van der Waals surface area contributed by atoms with Crippen LogP contribution in [0.25, 0.3) is 11.0 Å². The molecule has 0 N–H and O–H groups in total. The Hall–Kier alpha value is -2.30. The number of benzene rings is 1. The largest absolute Gasteiger partial charge is 0.461 e. The Kier molecular flexibility index (Phi) is 3.88. The SMILES string of the molecule is CC(C)c1ncc(Cc2cc3ccccc3o2)cc1C(F)(F)F. The maximum atomic E-state index is 13.2. The number of alkyl halides is 3. The van der Waals surface area contributed by atoms with Gasteiger partial charge in [0, 0.05) is 18.0 Å². The van der Waals surface area contributed by atoms with Crippen LogP contribution >= 0.6 is 0 Å². The van der Waals surface area contributed by atoms with Crippen molar-refractivity contribution in [1.29, 1.82) is 0 Å². The van der Waals surface area contributed by atoms with Crippen molar-refractivity contribution in [1.82, 2.24) is 4.98 Å². The number of hydrogen-bond donors (Lipinski definition) is 0. The van der Waals surface area contributed by atoms with E-state index in [1.807, 2.05) is 30.3 Å². The predicted octanol–water partition coefficient (Wildman–Crippen LogP) is 5.56. The van der Waals surface area contributed by atoms with Crippen molar-refractivity contribution in [3.63, 3.8) is 0 Å². The molecule has 0 saturated heterocycles. The molecule has 5 heteroatoms. The molecule has 0 saturated carbocycles. The van der Waals surface area contributed by atoms with Crippen LogP contribution in [0.3, 0.4) is 0 Å². The number of rotatable bonds is 3. The second-order valence-corrected chi connectivity index (χ2v) is 5.86. The first-order valence-electron chi connectivity index (χ1n) is 7.38. The average Bonchev–Trinajstić information content (AvgIpc) is 2.88. The normalized spacial score (nSPS) is 12.3. The highest BCUT2D eigenvalue weighted by Gasteiger charge is 2.35. The summed E-state index contributed by atoms with van der Waals surface area (Å²) in [6.07, 6.45) is -2.63. The molecule has 120 valence electrons. The predicted molar refractivity (Wildman–Crippen MR) is 82.3 cm³/mol. The first-order valence-corrected chi connectivity index (χ1v) is 7.38. The van der Waals surface area contributed by atoms with Gasteiger partial charge < -0.3 is 4.42 Å². The van der Waals surface area contributed by atoms with Crippen molar-refractivity contribution >= 4 is 11.0 Å². The van der Waals surface area contributed by atoms with Crippen LogP contribution in [0.5, 0.6) is 0 Å². The van der Waals surface area contributed by atoms with Gasteiger partial charge in [0.25, 0.3) is 0 Å². The Morgan fingerprint density at radius 2 is 1.87 bits per heavy atom. The number of para-hydroxylation sites is 1. The van der Waals surface area contributed by atoms with Gasteiger partial charge >= 0.3 is 6.18 Å². The maximum Gasteiger partial charge on any atom is 0.418 e. The number of hydrogen-bond acceptors (Lipinski definition) is 2. The summed E-state index contributed by atoms with van der Waals surface area (Å²) in [5, 5.41) is 0.935. The highest BCUT2D eigenvalue weighted by Crippen LogP contribution is 2.35. The van der Waals surface area contributed by atoms with Crippen molar-refractivity contribution in [2.45, 2.75) is 32.4 Å². The lowest BCUT2D eigenvalue weighted by Gasteiger charge is -2.15. The van der Waals surface area contributed by atoms with Crippen LogP contribution in [-0.2, 0) is 12.6 Å². The number of pyridine rings is 1. The summed E-state index contributed by atoms with van der Waals surface area (Å²) in [7, 11) is 0. The van der Waals surface area contributed by atoms with Crippen LogP contribution in [0.4, 0.5) is 13.2 Å². The van der Waals surface area contributed by atoms with Gasteiger partial charge in [0.05, 0.1) is 11.3 Å². The second-order valence-electron chi connectivity index (χ2n) is 5.86. The molecule has 0 amide bonds. The van der Waals surface area contributed by atoms with Crippen molar-refractivity contribution in [3.8, 4) is 0 Å². The molecular formula is C18H16F3NO. The number of fused-ring (bicyclic) bond motifs is 1. The van der Waals surface area contributed by atoms with Crippen LogP contribution in [-0.4, -0.2) is 4.98 Å². The van der Waals surface area contributed by atoms with E-state index in [0.29, 0.717) is 11.3 Å². The van der Waals surface area contributed by atoms with Crippen molar-refractivity contribution in [2.24, 2.45) is 0 Å². The third kappa shape index (κ3) is 3.23. The molecule has 2 nitrogen and oxygen atoms in total. The monoisotopic (exact) mass is 319 g/mol. The fraction of sp³-hybridized carbons (Fsp3) is 0.278. The third-order valence-corrected chi connectivity index (χ3v) is 3.68. The zero-order valence-corrected chi connectivity index (χ0v) is 12.8. The Morgan fingerprint density at radius 1 is 1.13 bits per heavy atom. The van der Waals surface area contributed by atoms with E-state index >= 15 is 0 Å². The molecule has 0 unspecified atom stereocenters. The summed E-state index contributed by atoms with van der Waals surface area (Å²) in [5.41, 5.74) is 0.623. The smallest absolute Gasteiger partial charge is 0.418 e. The summed E-state index contributed by atoms with van der Waals surface area (Å²) in [4.78, 5) is 4.03. The minimum atomic E-state index is -4.41. The summed E-state index contributed by atoms with van der Waals surface area (Å²) in [5.74, 6) is 0.338. The van der Waals surface area contributed by atoms with Crippen LogP contribution in [0, 0.1) is 0 Å². The summed E-state index contributed by atoms with van der Waals surface area (Å²) >= 11 is 0. The van der Waals surface area contributed by atoms with Crippen LogP contribution in [0.2, 0.25) is 0 Å². The maximum absolute atomic E-state index is 13.2. The van der Waals surface area contributed by atoms with E-state index in [0.717, 1.165) is 11.0 Å². The first-order chi connectivity index (χ1) is 10.8. The van der Waals surface area contributed by atoms with Gasteiger partial charge in [-0.1, -0.05) is 32.0 Å². The Labute approximate surface area is 132 Å². The van der Waals surface area contributed by atoms with E-state index in [1.54, 1.807) is 13.8 Å². The summed E-state index contributed by atoms with van der Waals surface area (Å²) in [6, 6.07) is 10.5. The fourth-order valence-corrected chi connectivity index (χ4v) is 2.63. The highest BCUT2D eigenvalue weighted by atomic mass is 19.4. The van der Waals surface area contributed by atoms with Gasteiger partial charge in [-0.15, -0.1) is 0 Å². The van der Waals surface area contributed by atoms with Gasteiger partial charge in [-0.2, -0.15) is 13.2 Å². The number of furan rings is 1. The molecule has 0 aliphatic heterocycles. The van der Waals surface area contributed by atoms with Crippen LogP contribution < -0.4 is 0 Å². The van der Waals surface area contributed by atoms with Gasteiger partial charge in [0.15, 0.2) is 0 Å². The molecule has 0 aliphatic rings. The van der Waals surface area contributed by atoms with Gasteiger partial charge in [0.2, 0.25) is 0 Å². The standard InChI is InChI=1S/C18H16F3NO/c1-11(2)17-15(18(19,20)21)8-12(10-22-17)7-14-9-13-5-3-4-6-16(13)23-14/h3-6,8-11H,7H2,1-2H3. The Morgan fingerprint density at radius 3 is 2.52 bits per heavy atom. The van der Waals surface area contributed by atoms with Gasteiger partial charge in [-0.05, 0) is 29.7 Å². The molecule has 0 spiro atoms. The first kappa shape index (κ1) is 15.6. The van der Waals surface area contributed by atoms with Crippen LogP contribution in [0.1, 0.15) is 42.3 Å². The fourth-order valence-electron chi connectivity index (χ4n) is 2.63. The zero-order chi connectivity index (χ0) is 16.6. The topological polar surface area (TPSA) is 26.0 Å². The highest BCUT2D eigenvalue weighted by molar-refractivity contribution is 5.77. The molecule has 1 aromatic carbocycles. The summed E-state index contributed by atoms with van der Waals surface area (Å²) in [6.45, 7) is 3.41. The molecule has 2 heterocycles. The Balaban J connectivity index is 1.97. The minimum absolute atomic E-state index is 0.0749. The van der Waals surface area contributed by atoms with Crippen molar-refractivity contribution in [3.05, 3.63) is 65.2 Å². The van der Waals surface area contributed by atoms with E-state index in [2.05, 4.69) is 4.98 Å². The average molecular weight is 319 g/mol. The molecular weight excluding hydrogens is 303 g/mol. The van der Waals surface area contributed by atoms with E-state index in [-0.39, 0.29) is 18.0 Å². The Bertz CT molecular complexity index is 801. The van der Waals surface area contributed by atoms with Crippen LogP contribution in [0.15, 0.2) is 47.0 Å². The lowest BCUT2D eigenvalue weighted by atomic mass is 10.0. The molecule has 0 bridgehead atoms.